The molecule has 0 bridgehead atoms. The van der Waals surface area contributed by atoms with Gasteiger partial charge in [-0.3, -0.25) is 4.21 Å². The minimum atomic E-state index is -0.724. The second kappa shape index (κ2) is 7.94. The van der Waals surface area contributed by atoms with Gasteiger partial charge in [0.2, 0.25) is 0 Å². The fourth-order valence-corrected chi connectivity index (χ4v) is 4.59. The average molecular weight is 293 g/mol. The summed E-state index contributed by atoms with van der Waals surface area (Å²) in [6, 6.07) is 8.95. The lowest BCUT2D eigenvalue weighted by atomic mass is 10.0. The molecule has 1 aromatic carbocycles. The van der Waals surface area contributed by atoms with Gasteiger partial charge in [0.15, 0.2) is 0 Å². The highest BCUT2D eigenvalue weighted by atomic mass is 32.2. The number of nitrogens with one attached hydrogen (secondary N) is 1. The van der Waals surface area contributed by atoms with E-state index in [-0.39, 0.29) is 0 Å². The third-order valence-electron chi connectivity index (χ3n) is 4.42. The Hall–Kier alpha value is -0.670. The van der Waals surface area contributed by atoms with Crippen LogP contribution in [0.3, 0.4) is 0 Å². The highest BCUT2D eigenvalue weighted by Gasteiger charge is 2.26. The summed E-state index contributed by atoms with van der Waals surface area (Å²) in [5.74, 6) is 2.29. The zero-order valence-corrected chi connectivity index (χ0v) is 13.5. The van der Waals surface area contributed by atoms with Gasteiger partial charge in [0, 0.05) is 28.3 Å². The molecule has 1 aromatic rings. The zero-order chi connectivity index (χ0) is 14.4. The van der Waals surface area contributed by atoms with E-state index in [1.807, 2.05) is 12.1 Å². The minimum absolute atomic E-state index is 0.662. The molecular weight excluding hydrogens is 266 g/mol. The first-order valence-corrected chi connectivity index (χ1v) is 9.32. The van der Waals surface area contributed by atoms with E-state index in [1.165, 1.54) is 30.4 Å². The van der Waals surface area contributed by atoms with E-state index in [0.29, 0.717) is 11.8 Å². The van der Waals surface area contributed by atoms with Crippen LogP contribution in [0.4, 0.5) is 0 Å². The number of benzene rings is 1. The predicted octanol–water partition coefficient (Wildman–Crippen LogP) is 3.41. The molecule has 0 spiro atoms. The van der Waals surface area contributed by atoms with Crippen molar-refractivity contribution < 1.29 is 4.21 Å². The predicted molar refractivity (Wildman–Crippen MR) is 87.3 cm³/mol. The molecule has 2 rings (SSSR count). The van der Waals surface area contributed by atoms with Crippen molar-refractivity contribution >= 4 is 10.8 Å². The molecule has 0 saturated heterocycles. The second-order valence-electron chi connectivity index (χ2n) is 5.86. The van der Waals surface area contributed by atoms with E-state index in [9.17, 15) is 4.21 Å². The third kappa shape index (κ3) is 4.42. The fraction of sp³-hybridized carbons (Fsp3) is 0.647. The summed E-state index contributed by atoms with van der Waals surface area (Å²) < 4.78 is 12.3. The molecule has 1 aliphatic rings. The van der Waals surface area contributed by atoms with E-state index < -0.39 is 10.8 Å². The average Bonchev–Trinajstić information content (AvgIpc) is 2.87. The maximum atomic E-state index is 12.3. The largest absolute Gasteiger partial charge is 0.314 e. The van der Waals surface area contributed by atoms with Crippen molar-refractivity contribution in [3.8, 4) is 0 Å². The summed E-state index contributed by atoms with van der Waals surface area (Å²) in [5, 5.41) is 3.58. The van der Waals surface area contributed by atoms with Gasteiger partial charge < -0.3 is 5.32 Å². The third-order valence-corrected chi connectivity index (χ3v) is 5.74. The Morgan fingerprint density at radius 1 is 1.30 bits per heavy atom. The quantitative estimate of drug-likeness (QED) is 0.834. The Bertz CT molecular complexity index is 446. The molecule has 1 N–H and O–H groups in total. The lowest BCUT2D eigenvalue weighted by Crippen LogP contribution is -2.32. The number of hydrogen-bond donors (Lipinski definition) is 1. The van der Waals surface area contributed by atoms with Gasteiger partial charge in [0.1, 0.15) is 0 Å². The number of hydrogen-bond acceptors (Lipinski definition) is 2. The normalized spacial score (nSPS) is 23.9. The molecule has 20 heavy (non-hydrogen) atoms. The Kier molecular flexibility index (Phi) is 6.24. The van der Waals surface area contributed by atoms with E-state index in [2.05, 4.69) is 31.3 Å². The van der Waals surface area contributed by atoms with Gasteiger partial charge in [-0.2, -0.15) is 0 Å². The summed E-state index contributed by atoms with van der Waals surface area (Å²) in [6.07, 6.45) is 5.03. The molecule has 3 atom stereocenters. The van der Waals surface area contributed by atoms with Gasteiger partial charge in [-0.05, 0) is 49.8 Å². The van der Waals surface area contributed by atoms with Crippen molar-refractivity contribution in [1.82, 2.24) is 5.32 Å². The standard InChI is InChI=1S/C17H27NOS/c1-3-18-17-10-6-9-15(17)11-12-20(19)13-16-8-5-4-7-14(16)2/h4-5,7-8,15,17-18H,3,6,9-13H2,1-2H3. The van der Waals surface area contributed by atoms with Crippen LogP contribution >= 0.6 is 0 Å². The first-order chi connectivity index (χ1) is 9.70. The monoisotopic (exact) mass is 293 g/mol. The van der Waals surface area contributed by atoms with Gasteiger partial charge in [0.25, 0.3) is 0 Å². The summed E-state index contributed by atoms with van der Waals surface area (Å²) in [7, 11) is -0.724. The topological polar surface area (TPSA) is 29.1 Å². The van der Waals surface area contributed by atoms with Gasteiger partial charge in [0.05, 0.1) is 0 Å². The van der Waals surface area contributed by atoms with E-state index >= 15 is 0 Å². The summed E-state index contributed by atoms with van der Waals surface area (Å²) in [6.45, 7) is 5.32. The Morgan fingerprint density at radius 3 is 2.85 bits per heavy atom. The maximum absolute atomic E-state index is 12.3. The van der Waals surface area contributed by atoms with Crippen LogP contribution in [-0.2, 0) is 16.6 Å². The first kappa shape index (κ1) is 15.7. The Balaban J connectivity index is 1.79. The molecule has 112 valence electrons. The Morgan fingerprint density at radius 2 is 2.10 bits per heavy atom. The smallest absolute Gasteiger partial charge is 0.0488 e. The van der Waals surface area contributed by atoms with Crippen molar-refractivity contribution in [2.45, 2.75) is 51.3 Å². The van der Waals surface area contributed by atoms with Gasteiger partial charge in [-0.25, -0.2) is 0 Å². The van der Waals surface area contributed by atoms with Crippen molar-refractivity contribution in [1.29, 1.82) is 0 Å². The van der Waals surface area contributed by atoms with E-state index in [0.717, 1.165) is 24.6 Å². The molecule has 3 heteroatoms. The van der Waals surface area contributed by atoms with E-state index in [1.54, 1.807) is 0 Å². The second-order valence-corrected chi connectivity index (χ2v) is 7.44. The van der Waals surface area contributed by atoms with Gasteiger partial charge in [-0.15, -0.1) is 0 Å². The summed E-state index contributed by atoms with van der Waals surface area (Å²) in [5.41, 5.74) is 2.49. The van der Waals surface area contributed by atoms with Crippen LogP contribution in [0.2, 0.25) is 0 Å². The van der Waals surface area contributed by atoms with Crippen LogP contribution in [0.5, 0.6) is 0 Å². The molecule has 0 heterocycles. The minimum Gasteiger partial charge on any atom is -0.314 e. The van der Waals surface area contributed by atoms with Crippen molar-refractivity contribution in [2.24, 2.45) is 5.92 Å². The SMILES string of the molecule is CCNC1CCCC1CCS(=O)Cc1ccccc1C. The first-order valence-electron chi connectivity index (χ1n) is 7.83. The van der Waals surface area contributed by atoms with Crippen LogP contribution in [0, 0.1) is 12.8 Å². The van der Waals surface area contributed by atoms with Crippen LogP contribution in [-0.4, -0.2) is 22.5 Å². The molecule has 0 aromatic heterocycles. The maximum Gasteiger partial charge on any atom is 0.0488 e. The molecule has 3 unspecified atom stereocenters. The molecule has 1 fully saturated rings. The van der Waals surface area contributed by atoms with Crippen LogP contribution in [0.25, 0.3) is 0 Å². The number of rotatable bonds is 7. The molecule has 2 nitrogen and oxygen atoms in total. The molecule has 1 saturated carbocycles. The van der Waals surface area contributed by atoms with E-state index in [4.69, 9.17) is 0 Å². The molecule has 1 aliphatic carbocycles. The molecule has 0 radical (unpaired) electrons. The van der Waals surface area contributed by atoms with Crippen molar-refractivity contribution in [2.75, 3.05) is 12.3 Å². The summed E-state index contributed by atoms with van der Waals surface area (Å²) >= 11 is 0. The van der Waals surface area contributed by atoms with Crippen molar-refractivity contribution in [3.05, 3.63) is 35.4 Å². The van der Waals surface area contributed by atoms with Crippen LogP contribution in [0.1, 0.15) is 43.7 Å². The highest BCUT2D eigenvalue weighted by Crippen LogP contribution is 2.28. The lowest BCUT2D eigenvalue weighted by molar-refractivity contribution is 0.399. The lowest BCUT2D eigenvalue weighted by Gasteiger charge is -2.20. The van der Waals surface area contributed by atoms with Crippen LogP contribution < -0.4 is 5.32 Å². The molecular formula is C17H27NOS. The molecule has 0 aliphatic heterocycles. The molecule has 0 amide bonds. The van der Waals surface area contributed by atoms with Crippen molar-refractivity contribution in [3.63, 3.8) is 0 Å². The summed E-state index contributed by atoms with van der Waals surface area (Å²) in [4.78, 5) is 0. The highest BCUT2D eigenvalue weighted by molar-refractivity contribution is 7.84. The fourth-order valence-electron chi connectivity index (χ4n) is 3.21. The number of aryl methyl sites for hydroxylation is 1. The van der Waals surface area contributed by atoms with Crippen LogP contribution in [0.15, 0.2) is 24.3 Å². The zero-order valence-electron chi connectivity index (χ0n) is 12.7. The van der Waals surface area contributed by atoms with Gasteiger partial charge in [-0.1, -0.05) is 37.6 Å². The van der Waals surface area contributed by atoms with Gasteiger partial charge >= 0.3 is 0 Å². The Labute approximate surface area is 125 Å².